The number of hydrogen-bond acceptors (Lipinski definition) is 5. The fourth-order valence-electron chi connectivity index (χ4n) is 3.30. The van der Waals surface area contributed by atoms with Gasteiger partial charge in [0.25, 0.3) is 0 Å². The molecule has 0 spiro atoms. The molecule has 0 atom stereocenters. The van der Waals surface area contributed by atoms with E-state index < -0.39 is 0 Å². The third kappa shape index (κ3) is 6.02. The van der Waals surface area contributed by atoms with Gasteiger partial charge >= 0.3 is 0 Å². The Bertz CT molecular complexity index is 1190. The minimum absolute atomic E-state index is 0.0968. The van der Waals surface area contributed by atoms with Crippen LogP contribution in [0.15, 0.2) is 84.0 Å². The maximum Gasteiger partial charge on any atom is 0.234 e. The molecule has 1 aromatic heterocycles. The monoisotopic (exact) mass is 458 g/mol. The molecular weight excluding hydrogens is 432 g/mol. The van der Waals surface area contributed by atoms with Crippen molar-refractivity contribution in [2.24, 2.45) is 0 Å². The summed E-state index contributed by atoms with van der Waals surface area (Å²) in [7, 11) is 0. The first-order valence-electron chi connectivity index (χ1n) is 10.8. The number of thioether (sulfide) groups is 1. The van der Waals surface area contributed by atoms with Crippen molar-refractivity contribution in [3.05, 3.63) is 90.0 Å². The number of hydrogen-bond donors (Lipinski definition) is 1. The van der Waals surface area contributed by atoms with E-state index in [0.717, 1.165) is 40.1 Å². The summed E-state index contributed by atoms with van der Waals surface area (Å²) in [6.07, 6.45) is 0. The zero-order chi connectivity index (χ0) is 23.0. The Hall–Kier alpha value is -3.58. The van der Waals surface area contributed by atoms with Gasteiger partial charge < -0.3 is 14.6 Å². The lowest BCUT2D eigenvalue weighted by Crippen LogP contribution is -2.14. The van der Waals surface area contributed by atoms with Crippen LogP contribution >= 0.6 is 11.8 Å². The van der Waals surface area contributed by atoms with E-state index in [2.05, 4.69) is 34.6 Å². The van der Waals surface area contributed by atoms with Crippen LogP contribution in [0.1, 0.15) is 18.1 Å². The van der Waals surface area contributed by atoms with Gasteiger partial charge in [0.1, 0.15) is 12.4 Å². The number of carbonyl (C=O) groups excluding carboxylic acids is 1. The second-order valence-corrected chi connectivity index (χ2v) is 8.49. The average Bonchev–Trinajstić information content (AvgIpc) is 3.26. The van der Waals surface area contributed by atoms with E-state index in [4.69, 9.17) is 4.74 Å². The number of rotatable bonds is 9. The summed E-state index contributed by atoms with van der Waals surface area (Å²) in [5.41, 5.74) is 4.05. The van der Waals surface area contributed by atoms with E-state index in [9.17, 15) is 4.79 Å². The number of benzene rings is 3. The lowest BCUT2D eigenvalue weighted by atomic mass is 10.1. The number of carbonyl (C=O) groups is 1. The molecule has 0 radical (unpaired) electrons. The average molecular weight is 459 g/mol. The van der Waals surface area contributed by atoms with Crippen LogP contribution in [0.2, 0.25) is 0 Å². The summed E-state index contributed by atoms with van der Waals surface area (Å²) < 4.78 is 7.82. The smallest absolute Gasteiger partial charge is 0.234 e. The number of nitrogens with zero attached hydrogens (tertiary/aromatic N) is 3. The standard InChI is InChI=1S/C26H26N4O2S/c1-3-30-25(21-11-9-19(2)10-12-21)28-29-26(30)33-18-24(31)27-22-13-15-23(16-14-22)32-17-20-7-5-4-6-8-20/h4-16H,3,17-18H2,1-2H3,(H,27,31). The van der Waals surface area contributed by atoms with Gasteiger partial charge in [-0.3, -0.25) is 4.79 Å². The topological polar surface area (TPSA) is 69.0 Å². The molecule has 4 aromatic rings. The van der Waals surface area contributed by atoms with Crippen molar-refractivity contribution in [1.29, 1.82) is 0 Å². The normalized spacial score (nSPS) is 10.7. The molecule has 3 aromatic carbocycles. The molecule has 1 N–H and O–H groups in total. The van der Waals surface area contributed by atoms with Gasteiger partial charge in [-0.2, -0.15) is 0 Å². The third-order valence-electron chi connectivity index (χ3n) is 5.06. The second kappa shape index (κ2) is 10.8. The lowest BCUT2D eigenvalue weighted by molar-refractivity contribution is -0.113. The molecule has 168 valence electrons. The van der Waals surface area contributed by atoms with Crippen LogP contribution in [0.25, 0.3) is 11.4 Å². The van der Waals surface area contributed by atoms with Crippen LogP contribution in [-0.2, 0) is 17.9 Å². The van der Waals surface area contributed by atoms with Gasteiger partial charge in [0.2, 0.25) is 5.91 Å². The molecule has 0 aliphatic rings. The van der Waals surface area contributed by atoms with Crippen LogP contribution in [0.3, 0.4) is 0 Å². The van der Waals surface area contributed by atoms with Crippen molar-refractivity contribution in [3.63, 3.8) is 0 Å². The minimum atomic E-state index is -0.0968. The number of nitrogens with one attached hydrogen (secondary N) is 1. The summed E-state index contributed by atoms with van der Waals surface area (Å²) >= 11 is 1.38. The molecular formula is C26H26N4O2S. The largest absolute Gasteiger partial charge is 0.489 e. The van der Waals surface area contributed by atoms with Gasteiger partial charge in [0, 0.05) is 17.8 Å². The molecule has 33 heavy (non-hydrogen) atoms. The molecule has 0 fully saturated rings. The first-order valence-corrected chi connectivity index (χ1v) is 11.8. The summed E-state index contributed by atoms with van der Waals surface area (Å²) in [5, 5.41) is 12.3. The van der Waals surface area contributed by atoms with E-state index in [1.807, 2.05) is 78.2 Å². The molecule has 0 aliphatic carbocycles. The minimum Gasteiger partial charge on any atom is -0.489 e. The van der Waals surface area contributed by atoms with Crippen molar-refractivity contribution in [2.45, 2.75) is 32.2 Å². The zero-order valence-electron chi connectivity index (χ0n) is 18.7. The lowest BCUT2D eigenvalue weighted by Gasteiger charge is -2.09. The zero-order valence-corrected chi connectivity index (χ0v) is 19.5. The second-order valence-electron chi connectivity index (χ2n) is 7.55. The van der Waals surface area contributed by atoms with Gasteiger partial charge in [-0.05, 0) is 43.7 Å². The Kier molecular flexibility index (Phi) is 7.42. The van der Waals surface area contributed by atoms with Crippen LogP contribution < -0.4 is 10.1 Å². The molecule has 4 rings (SSSR count). The fourth-order valence-corrected chi connectivity index (χ4v) is 4.10. The van der Waals surface area contributed by atoms with Crippen molar-refractivity contribution in [1.82, 2.24) is 14.8 Å². The molecule has 1 amide bonds. The Balaban J connectivity index is 1.31. The summed E-state index contributed by atoms with van der Waals surface area (Å²) in [6, 6.07) is 25.6. The van der Waals surface area contributed by atoms with E-state index in [-0.39, 0.29) is 11.7 Å². The van der Waals surface area contributed by atoms with E-state index >= 15 is 0 Å². The number of anilines is 1. The van der Waals surface area contributed by atoms with Gasteiger partial charge in [-0.15, -0.1) is 10.2 Å². The quantitative estimate of drug-likeness (QED) is 0.332. The molecule has 0 saturated heterocycles. The highest BCUT2D eigenvalue weighted by Gasteiger charge is 2.14. The van der Waals surface area contributed by atoms with Crippen LogP contribution in [0.4, 0.5) is 5.69 Å². The molecule has 0 bridgehead atoms. The van der Waals surface area contributed by atoms with Crippen LogP contribution in [-0.4, -0.2) is 26.4 Å². The van der Waals surface area contributed by atoms with Crippen LogP contribution in [0.5, 0.6) is 5.75 Å². The highest BCUT2D eigenvalue weighted by Crippen LogP contribution is 2.24. The third-order valence-corrected chi connectivity index (χ3v) is 6.03. The van der Waals surface area contributed by atoms with E-state index in [1.165, 1.54) is 17.3 Å². The highest BCUT2D eigenvalue weighted by molar-refractivity contribution is 7.99. The SMILES string of the molecule is CCn1c(SCC(=O)Nc2ccc(OCc3ccccc3)cc2)nnc1-c1ccc(C)cc1. The predicted molar refractivity (Wildman–Crippen MR) is 132 cm³/mol. The Morgan fingerprint density at radius 3 is 2.39 bits per heavy atom. The molecule has 0 saturated carbocycles. The first-order chi connectivity index (χ1) is 16.1. The number of amides is 1. The van der Waals surface area contributed by atoms with Gasteiger partial charge in [0.05, 0.1) is 5.75 Å². The van der Waals surface area contributed by atoms with Crippen molar-refractivity contribution in [3.8, 4) is 17.1 Å². The van der Waals surface area contributed by atoms with E-state index in [1.54, 1.807) is 0 Å². The highest BCUT2D eigenvalue weighted by atomic mass is 32.2. The maximum atomic E-state index is 12.5. The molecule has 0 aliphatic heterocycles. The van der Waals surface area contributed by atoms with Gasteiger partial charge in [0.15, 0.2) is 11.0 Å². The Morgan fingerprint density at radius 1 is 0.970 bits per heavy atom. The summed E-state index contributed by atoms with van der Waals surface area (Å²) in [5.74, 6) is 1.72. The van der Waals surface area contributed by atoms with E-state index in [0.29, 0.717) is 6.61 Å². The van der Waals surface area contributed by atoms with Gasteiger partial charge in [-0.1, -0.05) is 71.9 Å². The summed E-state index contributed by atoms with van der Waals surface area (Å²) in [6.45, 7) is 5.34. The molecule has 7 heteroatoms. The van der Waals surface area contributed by atoms with Crippen molar-refractivity contribution < 1.29 is 9.53 Å². The Labute approximate surface area is 198 Å². The fraction of sp³-hybridized carbons (Fsp3) is 0.192. The molecule has 0 unspecified atom stereocenters. The summed E-state index contributed by atoms with van der Waals surface area (Å²) in [4.78, 5) is 12.5. The Morgan fingerprint density at radius 2 is 1.70 bits per heavy atom. The molecule has 1 heterocycles. The molecule has 6 nitrogen and oxygen atoms in total. The van der Waals surface area contributed by atoms with Crippen molar-refractivity contribution in [2.75, 3.05) is 11.1 Å². The maximum absolute atomic E-state index is 12.5. The van der Waals surface area contributed by atoms with Crippen LogP contribution in [0, 0.1) is 6.92 Å². The van der Waals surface area contributed by atoms with Gasteiger partial charge in [-0.25, -0.2) is 0 Å². The number of aryl methyl sites for hydroxylation is 1. The number of ether oxygens (including phenoxy) is 1. The van der Waals surface area contributed by atoms with Crippen molar-refractivity contribution >= 4 is 23.4 Å². The predicted octanol–water partition coefficient (Wildman–Crippen LogP) is 5.58. The first kappa shape index (κ1) is 22.6. The number of aromatic nitrogens is 3.